The number of benzene rings is 2. The van der Waals surface area contributed by atoms with Gasteiger partial charge in [-0.3, -0.25) is 4.90 Å². The maximum atomic E-state index is 12.9. The van der Waals surface area contributed by atoms with Gasteiger partial charge in [0, 0.05) is 6.54 Å². The predicted octanol–water partition coefficient (Wildman–Crippen LogP) is 5.96. The van der Waals surface area contributed by atoms with E-state index in [4.69, 9.17) is 4.74 Å². The number of rotatable bonds is 3. The van der Waals surface area contributed by atoms with E-state index in [1.54, 1.807) is 0 Å². The summed E-state index contributed by atoms with van der Waals surface area (Å²) in [7, 11) is 0. The lowest BCUT2D eigenvalue weighted by atomic mass is 9.76. The van der Waals surface area contributed by atoms with Crippen LogP contribution in [0.3, 0.4) is 0 Å². The number of nitrogens with zero attached hydrogens (tertiary/aromatic N) is 1. The smallest absolute Gasteiger partial charge is 0.416 e. The summed E-state index contributed by atoms with van der Waals surface area (Å²) < 4.78 is 44.7. The zero-order valence-electron chi connectivity index (χ0n) is 19.0. The van der Waals surface area contributed by atoms with Crippen LogP contribution >= 0.6 is 0 Å². The van der Waals surface area contributed by atoms with Gasteiger partial charge in [0.1, 0.15) is 6.10 Å². The molecular formula is C27H29F3N2O2. The zero-order chi connectivity index (χ0) is 23.5. The summed E-state index contributed by atoms with van der Waals surface area (Å²) in [6.07, 6.45) is 1.61. The van der Waals surface area contributed by atoms with Crippen LogP contribution in [0.5, 0.6) is 0 Å². The first-order valence-electron chi connectivity index (χ1n) is 12.3. The Morgan fingerprint density at radius 3 is 2.32 bits per heavy atom. The number of carbonyl (C=O) groups excluding carboxylic acids is 1. The van der Waals surface area contributed by atoms with Crippen LogP contribution in [-0.2, 0) is 17.3 Å². The monoisotopic (exact) mass is 470 g/mol. The molecule has 4 nitrogen and oxygen atoms in total. The van der Waals surface area contributed by atoms with Gasteiger partial charge in [0.15, 0.2) is 0 Å². The van der Waals surface area contributed by atoms with Gasteiger partial charge >= 0.3 is 12.3 Å². The second kappa shape index (κ2) is 8.01. The van der Waals surface area contributed by atoms with E-state index in [1.807, 2.05) is 12.1 Å². The van der Waals surface area contributed by atoms with Crippen molar-refractivity contribution >= 4 is 6.09 Å². The largest absolute Gasteiger partial charge is 0.445 e. The predicted molar refractivity (Wildman–Crippen MR) is 122 cm³/mol. The fourth-order valence-electron chi connectivity index (χ4n) is 6.26. The van der Waals surface area contributed by atoms with Crippen molar-refractivity contribution in [3.05, 3.63) is 59.2 Å². The second-order valence-electron chi connectivity index (χ2n) is 10.5. The van der Waals surface area contributed by atoms with Crippen LogP contribution in [0.25, 0.3) is 11.1 Å². The van der Waals surface area contributed by atoms with Crippen molar-refractivity contribution in [3.63, 3.8) is 0 Å². The number of carbonyl (C=O) groups is 1. The second-order valence-corrected chi connectivity index (χ2v) is 10.5. The molecule has 34 heavy (non-hydrogen) atoms. The standard InChI is InChI=1S/C27H29F3N2O2/c28-27(29,30)21-4-1-17(2-5-21)19-3-6-22-20(15-19)7-10-26(11-12-26)24(22)31-25(33)34-23-16-32-13-8-18(23)9-14-32/h1-6,15,18,23-24H,7-14,16H2,(H,31,33)/t23-,24?/m1/s1. The molecule has 1 amide bonds. The molecule has 180 valence electrons. The lowest BCUT2D eigenvalue weighted by molar-refractivity contribution is -0.137. The third-order valence-electron chi connectivity index (χ3n) is 8.51. The maximum Gasteiger partial charge on any atom is 0.416 e. The first-order valence-corrected chi connectivity index (χ1v) is 12.3. The number of alkyl carbamates (subject to hydrolysis) is 1. The normalized spacial score (nSPS) is 28.9. The molecule has 3 saturated heterocycles. The molecule has 1 saturated carbocycles. The molecule has 2 aromatic rings. The van der Waals surface area contributed by atoms with E-state index in [2.05, 4.69) is 16.3 Å². The quantitative estimate of drug-likeness (QED) is 0.602. The van der Waals surface area contributed by atoms with E-state index >= 15 is 0 Å². The van der Waals surface area contributed by atoms with Crippen LogP contribution in [-0.4, -0.2) is 36.7 Å². The van der Waals surface area contributed by atoms with E-state index in [0.29, 0.717) is 5.92 Å². The van der Waals surface area contributed by atoms with Crippen molar-refractivity contribution in [1.29, 1.82) is 0 Å². The van der Waals surface area contributed by atoms with Gasteiger partial charge in [0.05, 0.1) is 11.6 Å². The Hall–Kier alpha value is -2.54. The van der Waals surface area contributed by atoms with Crippen LogP contribution < -0.4 is 5.32 Å². The molecule has 2 bridgehead atoms. The van der Waals surface area contributed by atoms with Crippen molar-refractivity contribution in [3.8, 4) is 11.1 Å². The number of hydrogen-bond acceptors (Lipinski definition) is 3. The number of fused-ring (bicyclic) bond motifs is 4. The fraction of sp³-hybridized carbons (Fsp3) is 0.519. The van der Waals surface area contributed by atoms with Gasteiger partial charge in [-0.2, -0.15) is 13.2 Å². The first kappa shape index (κ1) is 22.0. The molecule has 1 unspecified atom stereocenters. The van der Waals surface area contributed by atoms with Gasteiger partial charge in [0.25, 0.3) is 0 Å². The summed E-state index contributed by atoms with van der Waals surface area (Å²) in [6.45, 7) is 3.04. The molecule has 3 heterocycles. The highest BCUT2D eigenvalue weighted by Gasteiger charge is 2.53. The summed E-state index contributed by atoms with van der Waals surface area (Å²) in [6, 6.07) is 11.3. The van der Waals surface area contributed by atoms with Crippen LogP contribution in [0.15, 0.2) is 42.5 Å². The molecule has 3 aliphatic heterocycles. The molecule has 2 aromatic carbocycles. The number of amides is 1. The van der Waals surface area contributed by atoms with Gasteiger partial charge in [-0.15, -0.1) is 0 Å². The molecule has 7 heteroatoms. The van der Waals surface area contributed by atoms with Crippen molar-refractivity contribution in [2.75, 3.05) is 19.6 Å². The highest BCUT2D eigenvalue weighted by atomic mass is 19.4. The lowest BCUT2D eigenvalue weighted by Gasteiger charge is -2.44. The Kier molecular flexibility index (Phi) is 5.17. The van der Waals surface area contributed by atoms with E-state index in [-0.39, 0.29) is 23.7 Å². The van der Waals surface area contributed by atoms with Crippen molar-refractivity contribution < 1.29 is 22.7 Å². The Labute approximate surface area is 197 Å². The number of alkyl halides is 3. The van der Waals surface area contributed by atoms with Crippen LogP contribution in [0.4, 0.5) is 18.0 Å². The van der Waals surface area contributed by atoms with Crippen molar-refractivity contribution in [2.45, 2.75) is 56.8 Å². The minimum Gasteiger partial charge on any atom is -0.445 e. The highest BCUT2D eigenvalue weighted by molar-refractivity contribution is 5.70. The molecule has 2 aliphatic carbocycles. The SMILES string of the molecule is O=C(NC1c2ccc(-c3ccc(C(F)(F)F)cc3)cc2CCC12CC2)O[C@@H]1CN2CCC1CC2. The van der Waals surface area contributed by atoms with Gasteiger partial charge in [-0.05, 0) is 97.3 Å². The lowest BCUT2D eigenvalue weighted by Crippen LogP contribution is -2.53. The van der Waals surface area contributed by atoms with Gasteiger partial charge in [0.2, 0.25) is 0 Å². The van der Waals surface area contributed by atoms with Crippen LogP contribution in [0, 0.1) is 11.3 Å². The third-order valence-corrected chi connectivity index (χ3v) is 8.51. The summed E-state index contributed by atoms with van der Waals surface area (Å²) >= 11 is 0. The Balaban J connectivity index is 1.20. The summed E-state index contributed by atoms with van der Waals surface area (Å²) in [5.74, 6) is 0.468. The molecule has 1 spiro atoms. The zero-order valence-corrected chi connectivity index (χ0v) is 19.0. The Bertz CT molecular complexity index is 1090. The molecule has 2 atom stereocenters. The fourth-order valence-corrected chi connectivity index (χ4v) is 6.26. The summed E-state index contributed by atoms with van der Waals surface area (Å²) in [4.78, 5) is 15.3. The van der Waals surface area contributed by atoms with Gasteiger partial charge < -0.3 is 10.1 Å². The summed E-state index contributed by atoms with van der Waals surface area (Å²) in [5, 5.41) is 3.21. The molecular weight excluding hydrogens is 441 g/mol. The van der Waals surface area contributed by atoms with E-state index < -0.39 is 11.7 Å². The third kappa shape index (κ3) is 3.98. The first-order chi connectivity index (χ1) is 16.3. The number of hydrogen-bond donors (Lipinski definition) is 1. The molecule has 0 radical (unpaired) electrons. The van der Waals surface area contributed by atoms with Gasteiger partial charge in [-0.25, -0.2) is 4.79 Å². The molecule has 0 aromatic heterocycles. The Morgan fingerprint density at radius 2 is 1.71 bits per heavy atom. The van der Waals surface area contributed by atoms with Crippen molar-refractivity contribution in [1.82, 2.24) is 10.2 Å². The van der Waals surface area contributed by atoms with E-state index in [0.717, 1.165) is 92.5 Å². The minimum absolute atomic E-state index is 0.0252. The number of ether oxygens (including phenoxy) is 1. The molecule has 5 aliphatic rings. The van der Waals surface area contributed by atoms with E-state index in [9.17, 15) is 18.0 Å². The van der Waals surface area contributed by atoms with Crippen molar-refractivity contribution in [2.24, 2.45) is 11.3 Å². The topological polar surface area (TPSA) is 41.6 Å². The minimum atomic E-state index is -4.34. The van der Waals surface area contributed by atoms with Crippen LogP contribution in [0.1, 0.15) is 54.8 Å². The Morgan fingerprint density at radius 1 is 1.00 bits per heavy atom. The molecule has 7 rings (SSSR count). The maximum absolute atomic E-state index is 12.9. The average Bonchev–Trinajstić information content (AvgIpc) is 3.61. The average molecular weight is 471 g/mol. The number of halogens is 3. The number of piperidine rings is 3. The van der Waals surface area contributed by atoms with E-state index in [1.165, 1.54) is 12.1 Å². The highest BCUT2D eigenvalue weighted by Crippen LogP contribution is 2.61. The number of nitrogens with one attached hydrogen (secondary N) is 1. The van der Waals surface area contributed by atoms with Gasteiger partial charge in [-0.1, -0.05) is 30.3 Å². The number of aryl methyl sites for hydroxylation is 1. The molecule has 1 N–H and O–H groups in total. The molecule has 4 fully saturated rings. The summed E-state index contributed by atoms with van der Waals surface area (Å²) in [5.41, 5.74) is 3.39. The van der Waals surface area contributed by atoms with Crippen LogP contribution in [0.2, 0.25) is 0 Å².